The molecule has 0 saturated carbocycles. The molecule has 3 rings (SSSR count). The zero-order chi connectivity index (χ0) is 20.9. The number of carbonyl (C=O) groups is 1. The monoisotopic (exact) mass is 410 g/mol. The Hall–Kier alpha value is -3.32. The van der Waals surface area contributed by atoms with E-state index in [1.54, 1.807) is 43.5 Å². The fourth-order valence-corrected chi connectivity index (χ4v) is 4.01. The quantitative estimate of drug-likeness (QED) is 0.647. The Balaban J connectivity index is 1.78. The van der Waals surface area contributed by atoms with Crippen LogP contribution in [-0.2, 0) is 16.6 Å². The number of sulfonamides is 1. The van der Waals surface area contributed by atoms with E-state index in [1.165, 1.54) is 23.5 Å². The van der Waals surface area contributed by atoms with Gasteiger partial charge in [0.1, 0.15) is 5.75 Å². The Bertz CT molecular complexity index is 1080. The van der Waals surface area contributed by atoms with Crippen molar-refractivity contribution in [2.75, 3.05) is 18.5 Å². The average molecular weight is 410 g/mol. The first kappa shape index (κ1) is 20.4. The zero-order valence-electron chi connectivity index (χ0n) is 16.2. The second kappa shape index (κ2) is 8.79. The summed E-state index contributed by atoms with van der Waals surface area (Å²) in [5, 5.41) is 2.81. The van der Waals surface area contributed by atoms with Gasteiger partial charge in [-0.3, -0.25) is 9.10 Å². The smallest absolute Gasteiger partial charge is 0.264 e. The van der Waals surface area contributed by atoms with Gasteiger partial charge in [0.05, 0.1) is 17.7 Å². The van der Waals surface area contributed by atoms with Gasteiger partial charge in [-0.05, 0) is 48.0 Å². The number of methoxy groups -OCH3 is 1. The van der Waals surface area contributed by atoms with E-state index in [0.717, 1.165) is 5.56 Å². The lowest BCUT2D eigenvalue weighted by molar-refractivity contribution is 0.0950. The molecular weight excluding hydrogens is 388 g/mol. The number of benzene rings is 3. The summed E-state index contributed by atoms with van der Waals surface area (Å²) in [5.74, 6) is 0.301. The van der Waals surface area contributed by atoms with Crippen LogP contribution in [0.1, 0.15) is 15.9 Å². The molecule has 0 aliphatic rings. The first-order chi connectivity index (χ1) is 13.9. The molecule has 6 nitrogen and oxygen atoms in total. The van der Waals surface area contributed by atoms with Crippen molar-refractivity contribution < 1.29 is 17.9 Å². The maximum absolute atomic E-state index is 13.0. The van der Waals surface area contributed by atoms with Gasteiger partial charge in [0.15, 0.2) is 0 Å². The summed E-state index contributed by atoms with van der Waals surface area (Å²) in [6.45, 7) is 0.363. The minimum Gasteiger partial charge on any atom is -0.497 e. The van der Waals surface area contributed by atoms with Crippen molar-refractivity contribution in [2.24, 2.45) is 0 Å². The number of hydrogen-bond donors (Lipinski definition) is 1. The number of carbonyl (C=O) groups excluding carboxylic acids is 1. The maximum Gasteiger partial charge on any atom is 0.264 e. The van der Waals surface area contributed by atoms with Crippen LogP contribution in [0.3, 0.4) is 0 Å². The number of ether oxygens (including phenoxy) is 1. The predicted octanol–water partition coefficient (Wildman–Crippen LogP) is 3.45. The third kappa shape index (κ3) is 4.75. The molecule has 0 heterocycles. The van der Waals surface area contributed by atoms with Gasteiger partial charge in [-0.2, -0.15) is 0 Å². The SMILES string of the molecule is COc1ccc(N(C)S(=O)(=O)c2cccc(C(=O)NCc3ccccc3)c2)cc1. The predicted molar refractivity (Wildman–Crippen MR) is 113 cm³/mol. The van der Waals surface area contributed by atoms with Crippen LogP contribution in [0, 0.1) is 0 Å². The van der Waals surface area contributed by atoms with E-state index in [2.05, 4.69) is 5.32 Å². The summed E-state index contributed by atoms with van der Waals surface area (Å²) >= 11 is 0. The topological polar surface area (TPSA) is 75.7 Å². The van der Waals surface area contributed by atoms with Gasteiger partial charge in [-0.1, -0.05) is 36.4 Å². The van der Waals surface area contributed by atoms with Gasteiger partial charge in [-0.15, -0.1) is 0 Å². The number of nitrogens with one attached hydrogen (secondary N) is 1. The van der Waals surface area contributed by atoms with E-state index in [-0.39, 0.29) is 16.4 Å². The minimum atomic E-state index is -3.82. The van der Waals surface area contributed by atoms with E-state index in [1.807, 2.05) is 30.3 Å². The van der Waals surface area contributed by atoms with Crippen molar-refractivity contribution in [3.8, 4) is 5.75 Å². The van der Waals surface area contributed by atoms with Crippen molar-refractivity contribution in [3.05, 3.63) is 90.0 Å². The standard InChI is InChI=1S/C22H22N2O4S/c1-24(19-11-13-20(28-2)14-12-19)29(26,27)21-10-6-9-18(15-21)22(25)23-16-17-7-4-3-5-8-17/h3-15H,16H2,1-2H3,(H,23,25). The number of rotatable bonds is 7. The summed E-state index contributed by atoms with van der Waals surface area (Å²) in [6.07, 6.45) is 0. The molecule has 0 radical (unpaired) electrons. The first-order valence-electron chi connectivity index (χ1n) is 8.97. The highest BCUT2D eigenvalue weighted by molar-refractivity contribution is 7.92. The van der Waals surface area contributed by atoms with Crippen molar-refractivity contribution in [3.63, 3.8) is 0 Å². The molecule has 0 spiro atoms. The molecule has 0 aliphatic heterocycles. The second-order valence-corrected chi connectivity index (χ2v) is 8.34. The van der Waals surface area contributed by atoms with Crippen LogP contribution in [0.25, 0.3) is 0 Å². The maximum atomic E-state index is 13.0. The summed E-state index contributed by atoms with van der Waals surface area (Å²) in [7, 11) is -0.805. The summed E-state index contributed by atoms with van der Waals surface area (Å²) in [5.41, 5.74) is 1.73. The molecule has 7 heteroatoms. The Labute approximate surface area is 170 Å². The van der Waals surface area contributed by atoms with Gasteiger partial charge in [0, 0.05) is 19.2 Å². The van der Waals surface area contributed by atoms with Gasteiger partial charge >= 0.3 is 0 Å². The van der Waals surface area contributed by atoms with Gasteiger partial charge in [-0.25, -0.2) is 8.42 Å². The Morgan fingerprint density at radius 2 is 1.66 bits per heavy atom. The fraction of sp³-hybridized carbons (Fsp3) is 0.136. The van der Waals surface area contributed by atoms with Crippen LogP contribution in [0.15, 0.2) is 83.8 Å². The van der Waals surface area contributed by atoms with E-state index in [0.29, 0.717) is 18.0 Å². The lowest BCUT2D eigenvalue weighted by Crippen LogP contribution is -2.27. The molecule has 0 bridgehead atoms. The molecule has 29 heavy (non-hydrogen) atoms. The Morgan fingerprint density at radius 1 is 0.966 bits per heavy atom. The van der Waals surface area contributed by atoms with Crippen LogP contribution >= 0.6 is 0 Å². The summed E-state index contributed by atoms with van der Waals surface area (Å²) < 4.78 is 32.3. The van der Waals surface area contributed by atoms with Crippen LogP contribution < -0.4 is 14.4 Å². The summed E-state index contributed by atoms with van der Waals surface area (Å²) in [6, 6.07) is 22.2. The zero-order valence-corrected chi connectivity index (χ0v) is 17.0. The highest BCUT2D eigenvalue weighted by Crippen LogP contribution is 2.24. The number of nitrogens with zero attached hydrogens (tertiary/aromatic N) is 1. The van der Waals surface area contributed by atoms with E-state index in [9.17, 15) is 13.2 Å². The fourth-order valence-electron chi connectivity index (χ4n) is 2.77. The van der Waals surface area contributed by atoms with Crippen molar-refractivity contribution in [1.29, 1.82) is 0 Å². The van der Waals surface area contributed by atoms with Crippen molar-refractivity contribution >= 4 is 21.6 Å². The first-order valence-corrected chi connectivity index (χ1v) is 10.4. The minimum absolute atomic E-state index is 0.0446. The second-order valence-electron chi connectivity index (χ2n) is 6.37. The highest BCUT2D eigenvalue weighted by Gasteiger charge is 2.22. The van der Waals surface area contributed by atoms with Crippen molar-refractivity contribution in [2.45, 2.75) is 11.4 Å². The lowest BCUT2D eigenvalue weighted by Gasteiger charge is -2.20. The van der Waals surface area contributed by atoms with Crippen LogP contribution in [-0.4, -0.2) is 28.5 Å². The van der Waals surface area contributed by atoms with E-state index >= 15 is 0 Å². The molecule has 0 aliphatic carbocycles. The van der Waals surface area contributed by atoms with Gasteiger partial charge in [0.25, 0.3) is 15.9 Å². The summed E-state index contributed by atoms with van der Waals surface area (Å²) in [4.78, 5) is 12.5. The normalized spacial score (nSPS) is 11.0. The number of amides is 1. The lowest BCUT2D eigenvalue weighted by atomic mass is 10.2. The molecule has 150 valence electrons. The number of hydrogen-bond acceptors (Lipinski definition) is 4. The molecule has 0 atom stereocenters. The van der Waals surface area contributed by atoms with Crippen LogP contribution in [0.5, 0.6) is 5.75 Å². The number of anilines is 1. The van der Waals surface area contributed by atoms with Crippen molar-refractivity contribution in [1.82, 2.24) is 5.32 Å². The van der Waals surface area contributed by atoms with E-state index < -0.39 is 10.0 Å². The molecule has 0 fully saturated rings. The molecule has 0 unspecified atom stereocenters. The molecule has 0 aromatic heterocycles. The third-order valence-electron chi connectivity index (χ3n) is 4.49. The molecule has 3 aromatic carbocycles. The average Bonchev–Trinajstić information content (AvgIpc) is 2.77. The highest BCUT2D eigenvalue weighted by atomic mass is 32.2. The van der Waals surface area contributed by atoms with Crippen LogP contribution in [0.4, 0.5) is 5.69 Å². The Kier molecular flexibility index (Phi) is 6.19. The van der Waals surface area contributed by atoms with Crippen LogP contribution in [0.2, 0.25) is 0 Å². The van der Waals surface area contributed by atoms with Gasteiger partial charge in [0.2, 0.25) is 0 Å². The molecular formula is C22H22N2O4S. The molecule has 3 aromatic rings. The Morgan fingerprint density at radius 3 is 2.31 bits per heavy atom. The van der Waals surface area contributed by atoms with Gasteiger partial charge < -0.3 is 10.1 Å². The largest absolute Gasteiger partial charge is 0.497 e. The third-order valence-corrected chi connectivity index (χ3v) is 6.27. The molecule has 1 N–H and O–H groups in total. The van der Waals surface area contributed by atoms with E-state index in [4.69, 9.17) is 4.74 Å². The molecule has 0 saturated heterocycles. The molecule has 1 amide bonds.